The van der Waals surface area contributed by atoms with Gasteiger partial charge in [-0.25, -0.2) is 4.39 Å². The molecule has 2 unspecified atom stereocenters. The number of nitrogens with zero attached hydrogens (tertiary/aromatic N) is 1. The van der Waals surface area contributed by atoms with Gasteiger partial charge in [0.2, 0.25) is 0 Å². The molecule has 20 heavy (non-hydrogen) atoms. The van der Waals surface area contributed by atoms with Gasteiger partial charge in [-0.3, -0.25) is 4.99 Å². The van der Waals surface area contributed by atoms with E-state index in [9.17, 15) is 4.39 Å². The van der Waals surface area contributed by atoms with Gasteiger partial charge in [0.05, 0.1) is 0 Å². The summed E-state index contributed by atoms with van der Waals surface area (Å²) in [5.41, 5.74) is 0.619. The molecular weight excluding hydrogens is 392 g/mol. The van der Waals surface area contributed by atoms with E-state index < -0.39 is 0 Å². The predicted molar refractivity (Wildman–Crippen MR) is 92.8 cm³/mol. The Labute approximate surface area is 141 Å². The van der Waals surface area contributed by atoms with Crippen LogP contribution in [-0.2, 0) is 0 Å². The smallest absolute Gasteiger partial charge is 0.191 e. The Bertz CT molecular complexity index is 461. The third-order valence-corrected chi connectivity index (χ3v) is 3.47. The van der Waals surface area contributed by atoms with Gasteiger partial charge < -0.3 is 10.6 Å². The van der Waals surface area contributed by atoms with Crippen molar-refractivity contribution >= 4 is 41.5 Å². The maximum absolute atomic E-state index is 13.8. The van der Waals surface area contributed by atoms with E-state index in [2.05, 4.69) is 15.6 Å². The molecule has 2 N–H and O–H groups in total. The third-order valence-electron chi connectivity index (χ3n) is 3.14. The maximum atomic E-state index is 13.8. The van der Waals surface area contributed by atoms with E-state index >= 15 is 0 Å². The lowest BCUT2D eigenvalue weighted by Gasteiger charge is -2.11. The topological polar surface area (TPSA) is 36.4 Å². The lowest BCUT2D eigenvalue weighted by atomic mass is 10.1. The third kappa shape index (κ3) is 4.22. The highest BCUT2D eigenvalue weighted by molar-refractivity contribution is 14.0. The molecular formula is C14H20ClFIN3. The molecule has 3 nitrogen and oxygen atoms in total. The Morgan fingerprint density at radius 1 is 1.45 bits per heavy atom. The van der Waals surface area contributed by atoms with Crippen LogP contribution in [-0.4, -0.2) is 25.1 Å². The zero-order chi connectivity index (χ0) is 13.8. The molecule has 0 bridgehead atoms. The Morgan fingerprint density at radius 3 is 2.80 bits per heavy atom. The molecule has 1 fully saturated rings. The second-order valence-electron chi connectivity index (χ2n) is 4.58. The van der Waals surface area contributed by atoms with E-state index in [-0.39, 0.29) is 41.8 Å². The fourth-order valence-corrected chi connectivity index (χ4v) is 2.50. The van der Waals surface area contributed by atoms with Crippen LogP contribution in [0.25, 0.3) is 0 Å². The highest BCUT2D eigenvalue weighted by atomic mass is 127. The second kappa shape index (κ2) is 8.02. The summed E-state index contributed by atoms with van der Waals surface area (Å²) in [4.78, 5) is 4.33. The van der Waals surface area contributed by atoms with Crippen molar-refractivity contribution in [3.05, 3.63) is 34.6 Å². The number of hydrogen-bond acceptors (Lipinski definition) is 1. The SMILES string of the molecule is CCN=C(NCC)NC1CC1c1c(F)cccc1Cl.I. The molecule has 2 rings (SSSR count). The molecule has 1 aromatic carbocycles. The van der Waals surface area contributed by atoms with Crippen LogP contribution in [0.15, 0.2) is 23.2 Å². The lowest BCUT2D eigenvalue weighted by Crippen LogP contribution is -2.39. The van der Waals surface area contributed by atoms with Crippen LogP contribution >= 0.6 is 35.6 Å². The van der Waals surface area contributed by atoms with E-state index in [0.717, 1.165) is 18.9 Å². The highest BCUT2D eigenvalue weighted by Gasteiger charge is 2.41. The minimum Gasteiger partial charge on any atom is -0.357 e. The van der Waals surface area contributed by atoms with Crippen molar-refractivity contribution in [1.29, 1.82) is 0 Å². The molecule has 0 radical (unpaired) electrons. The second-order valence-corrected chi connectivity index (χ2v) is 4.99. The van der Waals surface area contributed by atoms with Gasteiger partial charge >= 0.3 is 0 Å². The average Bonchev–Trinajstić information content (AvgIpc) is 3.08. The van der Waals surface area contributed by atoms with Gasteiger partial charge in [0, 0.05) is 35.6 Å². The summed E-state index contributed by atoms with van der Waals surface area (Å²) >= 11 is 6.08. The zero-order valence-corrected chi connectivity index (χ0v) is 14.7. The first kappa shape index (κ1) is 17.5. The first-order valence-electron chi connectivity index (χ1n) is 6.66. The van der Waals surface area contributed by atoms with Crippen LogP contribution < -0.4 is 10.6 Å². The number of halogens is 3. The molecule has 0 aromatic heterocycles. The standard InChI is InChI=1S/C14H19ClFN3.HI/c1-3-17-14(18-4-2)19-12-8-9(12)13-10(15)6-5-7-11(13)16;/h5-7,9,12H,3-4,8H2,1-2H3,(H2,17,18,19);1H. The van der Waals surface area contributed by atoms with Crippen molar-refractivity contribution in [2.75, 3.05) is 13.1 Å². The van der Waals surface area contributed by atoms with Gasteiger partial charge in [-0.15, -0.1) is 24.0 Å². The molecule has 0 spiro atoms. The Hall–Kier alpha value is -0.560. The van der Waals surface area contributed by atoms with Crippen LogP contribution in [0.5, 0.6) is 0 Å². The van der Waals surface area contributed by atoms with Crippen LogP contribution in [0.2, 0.25) is 5.02 Å². The fraction of sp³-hybridized carbons (Fsp3) is 0.500. The number of aliphatic imine (C=N–C) groups is 1. The largest absolute Gasteiger partial charge is 0.357 e. The molecule has 0 heterocycles. The molecule has 1 aliphatic carbocycles. The molecule has 2 atom stereocenters. The minimum absolute atomic E-state index is 0. The lowest BCUT2D eigenvalue weighted by molar-refractivity contribution is 0.608. The maximum Gasteiger partial charge on any atom is 0.191 e. The van der Waals surface area contributed by atoms with Crippen LogP contribution in [0, 0.1) is 5.82 Å². The molecule has 0 amide bonds. The van der Waals surface area contributed by atoms with Crippen molar-refractivity contribution in [2.24, 2.45) is 4.99 Å². The first-order valence-corrected chi connectivity index (χ1v) is 7.03. The zero-order valence-electron chi connectivity index (χ0n) is 11.6. The van der Waals surface area contributed by atoms with Crippen molar-refractivity contribution in [1.82, 2.24) is 10.6 Å². The summed E-state index contributed by atoms with van der Waals surface area (Å²) in [6.45, 7) is 5.53. The van der Waals surface area contributed by atoms with Crippen LogP contribution in [0.1, 0.15) is 31.7 Å². The quantitative estimate of drug-likeness (QED) is 0.452. The number of benzene rings is 1. The van der Waals surface area contributed by atoms with Gasteiger partial charge in [0.1, 0.15) is 5.82 Å². The highest BCUT2D eigenvalue weighted by Crippen LogP contribution is 2.44. The van der Waals surface area contributed by atoms with Crippen molar-refractivity contribution < 1.29 is 4.39 Å². The van der Waals surface area contributed by atoms with Crippen LogP contribution in [0.4, 0.5) is 4.39 Å². The Morgan fingerprint density at radius 2 is 2.20 bits per heavy atom. The number of nitrogens with one attached hydrogen (secondary N) is 2. The van der Waals surface area contributed by atoms with E-state index in [0.29, 0.717) is 17.1 Å². The number of guanidine groups is 1. The summed E-state index contributed by atoms with van der Waals surface area (Å²) in [7, 11) is 0. The van der Waals surface area contributed by atoms with Gasteiger partial charge in [-0.1, -0.05) is 17.7 Å². The Kier molecular flexibility index (Phi) is 7.02. The van der Waals surface area contributed by atoms with E-state index in [4.69, 9.17) is 11.6 Å². The van der Waals surface area contributed by atoms with Crippen molar-refractivity contribution in [3.8, 4) is 0 Å². The minimum atomic E-state index is -0.223. The van der Waals surface area contributed by atoms with Crippen molar-refractivity contribution in [2.45, 2.75) is 32.2 Å². The summed E-state index contributed by atoms with van der Waals surface area (Å²) in [5.74, 6) is 0.693. The summed E-state index contributed by atoms with van der Waals surface area (Å²) in [5, 5.41) is 6.98. The summed E-state index contributed by atoms with van der Waals surface area (Å²) in [6, 6.07) is 5.04. The first-order chi connectivity index (χ1) is 9.17. The molecule has 0 saturated heterocycles. The number of rotatable bonds is 4. The van der Waals surface area contributed by atoms with Gasteiger partial charge in [-0.05, 0) is 32.4 Å². The molecule has 1 aliphatic rings. The summed E-state index contributed by atoms with van der Waals surface area (Å²) in [6.07, 6.45) is 0.884. The number of hydrogen-bond donors (Lipinski definition) is 2. The van der Waals surface area contributed by atoms with Gasteiger partial charge in [0.15, 0.2) is 5.96 Å². The fourth-order valence-electron chi connectivity index (χ4n) is 2.19. The molecule has 6 heteroatoms. The molecule has 1 aromatic rings. The monoisotopic (exact) mass is 411 g/mol. The van der Waals surface area contributed by atoms with E-state index in [1.54, 1.807) is 12.1 Å². The average molecular weight is 412 g/mol. The van der Waals surface area contributed by atoms with Gasteiger partial charge in [0.25, 0.3) is 0 Å². The van der Waals surface area contributed by atoms with E-state index in [1.807, 2.05) is 13.8 Å². The molecule has 112 valence electrons. The Balaban J connectivity index is 0.00000200. The van der Waals surface area contributed by atoms with Gasteiger partial charge in [-0.2, -0.15) is 0 Å². The molecule has 0 aliphatic heterocycles. The predicted octanol–water partition coefficient (Wildman–Crippen LogP) is 3.53. The van der Waals surface area contributed by atoms with Crippen molar-refractivity contribution in [3.63, 3.8) is 0 Å². The summed E-state index contributed by atoms with van der Waals surface area (Å²) < 4.78 is 13.8. The normalized spacial score (nSPS) is 21.1. The van der Waals surface area contributed by atoms with E-state index in [1.165, 1.54) is 6.07 Å². The van der Waals surface area contributed by atoms with Crippen LogP contribution in [0.3, 0.4) is 0 Å². The molecule has 1 saturated carbocycles.